The van der Waals surface area contributed by atoms with Gasteiger partial charge < -0.3 is 19.4 Å². The molecule has 0 aliphatic rings. The Hall–Kier alpha value is -3.37. The smallest absolute Gasteiger partial charge is 0.236 e. The number of ether oxygens (including phenoxy) is 2. The van der Waals surface area contributed by atoms with E-state index in [0.717, 1.165) is 21.9 Å². The van der Waals surface area contributed by atoms with E-state index in [2.05, 4.69) is 34.3 Å². The number of benzene rings is 2. The SMILES string of the molecule is COc1ccc(OC(C)c2nnc(SCC(=O)Nc3nc(-c4ccccc4)c(C)s3)n2C(C)C)cc1. The maximum Gasteiger partial charge on any atom is 0.236 e. The Labute approximate surface area is 219 Å². The van der Waals surface area contributed by atoms with Crippen LogP contribution in [0.15, 0.2) is 59.8 Å². The molecule has 0 saturated carbocycles. The number of nitrogens with one attached hydrogen (secondary N) is 1. The molecule has 0 aliphatic heterocycles. The molecule has 36 heavy (non-hydrogen) atoms. The summed E-state index contributed by atoms with van der Waals surface area (Å²) in [7, 11) is 1.63. The summed E-state index contributed by atoms with van der Waals surface area (Å²) in [5.74, 6) is 2.23. The van der Waals surface area contributed by atoms with Crippen molar-refractivity contribution in [1.82, 2.24) is 19.7 Å². The highest BCUT2D eigenvalue weighted by Gasteiger charge is 2.22. The molecule has 0 aliphatic carbocycles. The Morgan fingerprint density at radius 2 is 1.75 bits per heavy atom. The lowest BCUT2D eigenvalue weighted by atomic mass is 10.1. The molecule has 2 aromatic heterocycles. The Morgan fingerprint density at radius 3 is 2.42 bits per heavy atom. The second-order valence-corrected chi connectivity index (χ2v) is 10.5. The normalized spacial score (nSPS) is 11.9. The van der Waals surface area contributed by atoms with E-state index >= 15 is 0 Å². The van der Waals surface area contributed by atoms with Crippen molar-refractivity contribution in [3.63, 3.8) is 0 Å². The first-order chi connectivity index (χ1) is 17.4. The molecule has 2 heterocycles. The molecule has 2 aromatic carbocycles. The van der Waals surface area contributed by atoms with Gasteiger partial charge in [0.1, 0.15) is 11.5 Å². The van der Waals surface area contributed by atoms with Gasteiger partial charge in [-0.05, 0) is 52.0 Å². The highest BCUT2D eigenvalue weighted by molar-refractivity contribution is 7.99. The molecule has 188 valence electrons. The van der Waals surface area contributed by atoms with Crippen LogP contribution >= 0.6 is 23.1 Å². The second kappa shape index (κ2) is 11.6. The lowest BCUT2D eigenvalue weighted by Crippen LogP contribution is -2.16. The third-order valence-corrected chi connectivity index (χ3v) is 7.20. The number of aryl methyl sites for hydroxylation is 1. The van der Waals surface area contributed by atoms with Gasteiger partial charge in [-0.15, -0.1) is 21.5 Å². The lowest BCUT2D eigenvalue weighted by molar-refractivity contribution is -0.113. The molecule has 4 rings (SSSR count). The van der Waals surface area contributed by atoms with E-state index in [0.29, 0.717) is 21.9 Å². The topological polar surface area (TPSA) is 91.2 Å². The lowest BCUT2D eigenvalue weighted by Gasteiger charge is -2.19. The molecular formula is C26H29N5O3S2. The van der Waals surface area contributed by atoms with Gasteiger partial charge in [0.2, 0.25) is 5.91 Å². The Bertz CT molecular complexity index is 1300. The van der Waals surface area contributed by atoms with Gasteiger partial charge >= 0.3 is 0 Å². The largest absolute Gasteiger partial charge is 0.497 e. The quantitative estimate of drug-likeness (QED) is 0.249. The molecule has 0 fully saturated rings. The first-order valence-electron chi connectivity index (χ1n) is 11.6. The number of nitrogens with zero attached hydrogens (tertiary/aromatic N) is 4. The van der Waals surface area contributed by atoms with Crippen LogP contribution in [0.1, 0.15) is 43.6 Å². The number of rotatable bonds is 10. The highest BCUT2D eigenvalue weighted by Crippen LogP contribution is 2.31. The molecule has 1 atom stereocenters. The number of carbonyl (C=O) groups is 1. The highest BCUT2D eigenvalue weighted by atomic mass is 32.2. The van der Waals surface area contributed by atoms with Gasteiger partial charge in [-0.3, -0.25) is 4.79 Å². The first-order valence-corrected chi connectivity index (χ1v) is 13.4. The van der Waals surface area contributed by atoms with E-state index in [1.165, 1.54) is 23.1 Å². The first kappa shape index (κ1) is 25.7. The standard InChI is InChI=1S/C26H29N5O3S2/c1-16(2)31-24(17(3)34-21-13-11-20(33-5)12-14-21)29-30-26(31)35-15-22(32)27-25-28-23(18(4)36-25)19-9-7-6-8-10-19/h6-14,16-17H,15H2,1-5H3,(H,27,28,32). The number of anilines is 1. The van der Waals surface area contributed by atoms with Crippen LogP contribution in [0.3, 0.4) is 0 Å². The summed E-state index contributed by atoms with van der Waals surface area (Å²) in [6.45, 7) is 8.05. The van der Waals surface area contributed by atoms with E-state index < -0.39 is 0 Å². The summed E-state index contributed by atoms with van der Waals surface area (Å²) >= 11 is 2.81. The van der Waals surface area contributed by atoms with Crippen molar-refractivity contribution in [3.05, 3.63) is 65.3 Å². The second-order valence-electron chi connectivity index (χ2n) is 8.37. The van der Waals surface area contributed by atoms with Gasteiger partial charge in [0.25, 0.3) is 0 Å². The molecule has 0 spiro atoms. The number of methoxy groups -OCH3 is 1. The Balaban J connectivity index is 1.40. The van der Waals surface area contributed by atoms with Crippen molar-refractivity contribution in [1.29, 1.82) is 0 Å². The van der Waals surface area contributed by atoms with Crippen molar-refractivity contribution < 1.29 is 14.3 Å². The maximum absolute atomic E-state index is 12.7. The summed E-state index contributed by atoms with van der Waals surface area (Å²) in [5.41, 5.74) is 1.92. The van der Waals surface area contributed by atoms with Gasteiger partial charge in [0.05, 0.1) is 18.6 Å². The third-order valence-electron chi connectivity index (χ3n) is 5.37. The average molecular weight is 524 g/mol. The Morgan fingerprint density at radius 1 is 1.06 bits per heavy atom. The van der Waals surface area contributed by atoms with E-state index in [-0.39, 0.29) is 23.8 Å². The summed E-state index contributed by atoms with van der Waals surface area (Å²) in [6, 6.07) is 17.5. The zero-order chi connectivity index (χ0) is 25.7. The van der Waals surface area contributed by atoms with Crippen LogP contribution < -0.4 is 14.8 Å². The number of carbonyl (C=O) groups excluding carboxylic acids is 1. The van der Waals surface area contributed by atoms with Crippen molar-refractivity contribution in [2.24, 2.45) is 0 Å². The number of hydrogen-bond acceptors (Lipinski definition) is 8. The monoisotopic (exact) mass is 523 g/mol. The molecule has 10 heteroatoms. The van der Waals surface area contributed by atoms with E-state index in [1.807, 2.05) is 73.0 Å². The minimum Gasteiger partial charge on any atom is -0.497 e. The van der Waals surface area contributed by atoms with E-state index in [4.69, 9.17) is 9.47 Å². The van der Waals surface area contributed by atoms with Crippen LogP contribution in [0.2, 0.25) is 0 Å². The minimum absolute atomic E-state index is 0.0949. The van der Waals surface area contributed by atoms with E-state index in [9.17, 15) is 4.79 Å². The van der Waals surface area contributed by atoms with E-state index in [1.54, 1.807) is 7.11 Å². The summed E-state index contributed by atoms with van der Waals surface area (Å²) in [5, 5.41) is 12.9. The average Bonchev–Trinajstić information content (AvgIpc) is 3.47. The molecule has 0 saturated heterocycles. The third kappa shape index (κ3) is 6.06. The van der Waals surface area contributed by atoms with Gasteiger partial charge in [-0.2, -0.15) is 0 Å². The fourth-order valence-electron chi connectivity index (χ4n) is 3.66. The van der Waals surface area contributed by atoms with Crippen LogP contribution in [0.4, 0.5) is 5.13 Å². The zero-order valence-corrected chi connectivity index (χ0v) is 22.5. The van der Waals surface area contributed by atoms with Crippen molar-refractivity contribution in [3.8, 4) is 22.8 Å². The Kier molecular flexibility index (Phi) is 8.27. The van der Waals surface area contributed by atoms with Gasteiger partial charge in [0, 0.05) is 16.5 Å². The predicted octanol–water partition coefficient (Wildman–Crippen LogP) is 6.17. The van der Waals surface area contributed by atoms with Gasteiger partial charge in [-0.1, -0.05) is 42.1 Å². The minimum atomic E-state index is -0.328. The van der Waals surface area contributed by atoms with Crippen LogP contribution in [-0.4, -0.2) is 38.5 Å². The van der Waals surface area contributed by atoms with Gasteiger partial charge in [-0.25, -0.2) is 4.98 Å². The molecular weight excluding hydrogens is 494 g/mol. The molecule has 1 N–H and O–H groups in total. The summed E-state index contributed by atoms with van der Waals surface area (Å²) in [6.07, 6.45) is -0.328. The van der Waals surface area contributed by atoms with Crippen LogP contribution in [0.5, 0.6) is 11.5 Å². The van der Waals surface area contributed by atoms with Crippen LogP contribution in [0.25, 0.3) is 11.3 Å². The molecule has 8 nitrogen and oxygen atoms in total. The molecule has 4 aromatic rings. The fourth-order valence-corrected chi connectivity index (χ4v) is 5.39. The van der Waals surface area contributed by atoms with Gasteiger partial charge in [0.15, 0.2) is 22.2 Å². The maximum atomic E-state index is 12.7. The number of thiazole rings is 1. The number of hydrogen-bond donors (Lipinski definition) is 1. The molecule has 1 amide bonds. The number of aromatic nitrogens is 4. The van der Waals surface area contributed by atoms with Crippen LogP contribution in [-0.2, 0) is 4.79 Å². The van der Waals surface area contributed by atoms with Crippen molar-refractivity contribution in [2.75, 3.05) is 18.2 Å². The molecule has 0 bridgehead atoms. The number of amides is 1. The van der Waals surface area contributed by atoms with Crippen molar-refractivity contribution >= 4 is 34.1 Å². The predicted molar refractivity (Wildman–Crippen MR) is 144 cm³/mol. The molecule has 0 radical (unpaired) electrons. The van der Waals surface area contributed by atoms with Crippen LogP contribution in [0, 0.1) is 6.92 Å². The summed E-state index contributed by atoms with van der Waals surface area (Å²) in [4.78, 5) is 18.4. The molecule has 1 unspecified atom stereocenters. The summed E-state index contributed by atoms with van der Waals surface area (Å²) < 4.78 is 13.3. The number of thioether (sulfide) groups is 1. The van der Waals surface area contributed by atoms with Crippen molar-refractivity contribution in [2.45, 2.75) is 45.0 Å². The zero-order valence-electron chi connectivity index (χ0n) is 20.9. The fraction of sp³-hybridized carbons (Fsp3) is 0.308.